The van der Waals surface area contributed by atoms with Gasteiger partial charge < -0.3 is 4.74 Å². The molecule has 0 spiro atoms. The van der Waals surface area contributed by atoms with E-state index in [1.807, 2.05) is 48.5 Å². The molecule has 8 nitrogen and oxygen atoms in total. The predicted molar refractivity (Wildman–Crippen MR) is 164 cm³/mol. The molecule has 1 heterocycles. The van der Waals surface area contributed by atoms with Gasteiger partial charge in [-0.15, -0.1) is 0 Å². The first-order valence-electron chi connectivity index (χ1n) is 12.7. The van der Waals surface area contributed by atoms with E-state index in [1.54, 1.807) is 18.2 Å². The summed E-state index contributed by atoms with van der Waals surface area (Å²) in [5.74, 6) is 0.648. The highest BCUT2D eigenvalue weighted by Crippen LogP contribution is 2.37. The molecule has 4 aromatic carbocycles. The Balaban J connectivity index is 1.50. The Morgan fingerprint density at radius 2 is 1.85 bits per heavy atom. The Kier molecular flexibility index (Phi) is 8.37. The van der Waals surface area contributed by atoms with Gasteiger partial charge in [-0.25, -0.2) is 4.98 Å². The zero-order valence-corrected chi connectivity index (χ0v) is 24.7. The number of fused-ring (bicyclic) bond motifs is 2. The van der Waals surface area contributed by atoms with Crippen LogP contribution in [0.3, 0.4) is 0 Å². The van der Waals surface area contributed by atoms with Crippen LogP contribution < -0.4 is 10.3 Å². The van der Waals surface area contributed by atoms with Crippen LogP contribution >= 0.6 is 31.9 Å². The first-order valence-corrected chi connectivity index (χ1v) is 14.3. The number of nitro groups is 1. The van der Waals surface area contributed by atoms with Crippen molar-refractivity contribution in [1.82, 2.24) is 9.66 Å². The molecule has 0 saturated heterocycles. The van der Waals surface area contributed by atoms with Crippen molar-refractivity contribution in [3.8, 4) is 5.75 Å². The topological polar surface area (TPSA) is 99.6 Å². The smallest absolute Gasteiger partial charge is 0.312 e. The third-order valence-electron chi connectivity index (χ3n) is 6.45. The van der Waals surface area contributed by atoms with Crippen LogP contribution in [0.4, 0.5) is 5.69 Å². The Labute approximate surface area is 246 Å². The van der Waals surface area contributed by atoms with Crippen LogP contribution in [0.1, 0.15) is 36.7 Å². The number of hydrogen-bond acceptors (Lipinski definition) is 6. The fourth-order valence-electron chi connectivity index (χ4n) is 4.46. The Bertz CT molecular complexity index is 1830. The summed E-state index contributed by atoms with van der Waals surface area (Å²) in [6, 6.07) is 22.2. The number of nitro benzene ring substituents is 1. The lowest BCUT2D eigenvalue weighted by Crippen LogP contribution is -2.22. The van der Waals surface area contributed by atoms with Crippen LogP contribution in [0.5, 0.6) is 5.75 Å². The van der Waals surface area contributed by atoms with E-state index in [9.17, 15) is 14.9 Å². The largest absolute Gasteiger partial charge is 0.481 e. The lowest BCUT2D eigenvalue weighted by molar-refractivity contribution is -0.386. The van der Waals surface area contributed by atoms with Gasteiger partial charge in [-0.1, -0.05) is 71.7 Å². The number of rotatable bonds is 9. The van der Waals surface area contributed by atoms with E-state index in [-0.39, 0.29) is 23.6 Å². The molecule has 0 aliphatic heterocycles. The van der Waals surface area contributed by atoms with E-state index in [1.165, 1.54) is 17.0 Å². The highest BCUT2D eigenvalue weighted by atomic mass is 79.9. The van der Waals surface area contributed by atoms with Gasteiger partial charge in [0.05, 0.1) is 26.5 Å². The van der Waals surface area contributed by atoms with Crippen LogP contribution in [-0.2, 0) is 13.0 Å². The summed E-state index contributed by atoms with van der Waals surface area (Å²) in [5, 5.41) is 19.0. The Hall–Kier alpha value is -3.89. The summed E-state index contributed by atoms with van der Waals surface area (Å²) in [4.78, 5) is 29.5. The third-order valence-corrected chi connectivity index (χ3v) is 7.53. The second-order valence-electron chi connectivity index (χ2n) is 9.19. The summed E-state index contributed by atoms with van der Waals surface area (Å²) in [7, 11) is 0. The summed E-state index contributed by atoms with van der Waals surface area (Å²) in [5.41, 5.74) is 1.42. The predicted octanol–water partition coefficient (Wildman–Crippen LogP) is 7.79. The quantitative estimate of drug-likeness (QED) is 0.0911. The lowest BCUT2D eigenvalue weighted by atomic mass is 10.1. The van der Waals surface area contributed by atoms with Gasteiger partial charge in [0.15, 0.2) is 0 Å². The van der Waals surface area contributed by atoms with E-state index in [0.717, 1.165) is 33.7 Å². The maximum absolute atomic E-state index is 13.3. The van der Waals surface area contributed by atoms with Crippen molar-refractivity contribution in [3.05, 3.63) is 119 Å². The maximum Gasteiger partial charge on any atom is 0.312 e. The molecule has 0 unspecified atom stereocenters. The number of aromatic nitrogens is 2. The average Bonchev–Trinajstić information content (AvgIpc) is 2.95. The molecular weight excluding hydrogens is 640 g/mol. The molecule has 202 valence electrons. The molecule has 0 amide bonds. The molecule has 0 bridgehead atoms. The molecule has 40 heavy (non-hydrogen) atoms. The van der Waals surface area contributed by atoms with Gasteiger partial charge in [-0.2, -0.15) is 9.78 Å². The summed E-state index contributed by atoms with van der Waals surface area (Å²) in [6.07, 6.45) is 3.76. The molecule has 5 aromatic rings. The zero-order valence-electron chi connectivity index (χ0n) is 21.5. The van der Waals surface area contributed by atoms with Crippen molar-refractivity contribution in [2.45, 2.75) is 32.8 Å². The number of ether oxygens (including phenoxy) is 1. The highest BCUT2D eigenvalue weighted by molar-refractivity contribution is 9.10. The first-order chi connectivity index (χ1) is 19.4. The highest BCUT2D eigenvalue weighted by Gasteiger charge is 2.21. The Morgan fingerprint density at radius 3 is 2.65 bits per heavy atom. The maximum atomic E-state index is 13.3. The average molecular weight is 664 g/mol. The van der Waals surface area contributed by atoms with Gasteiger partial charge in [0.2, 0.25) is 5.75 Å². The summed E-state index contributed by atoms with van der Waals surface area (Å²) >= 11 is 6.85. The Morgan fingerprint density at radius 1 is 1.05 bits per heavy atom. The van der Waals surface area contributed by atoms with Gasteiger partial charge in [-0.3, -0.25) is 14.9 Å². The molecule has 10 heteroatoms. The van der Waals surface area contributed by atoms with Gasteiger partial charge in [0.25, 0.3) is 5.56 Å². The zero-order chi connectivity index (χ0) is 28.2. The fourth-order valence-corrected chi connectivity index (χ4v) is 5.40. The number of aryl methyl sites for hydroxylation is 1. The van der Waals surface area contributed by atoms with Crippen molar-refractivity contribution in [2.24, 2.45) is 5.10 Å². The monoisotopic (exact) mass is 662 g/mol. The van der Waals surface area contributed by atoms with E-state index < -0.39 is 4.92 Å². The minimum Gasteiger partial charge on any atom is -0.481 e. The molecule has 0 atom stereocenters. The van der Waals surface area contributed by atoms with Crippen LogP contribution in [-0.4, -0.2) is 20.8 Å². The molecule has 0 fully saturated rings. The minimum absolute atomic E-state index is 0.119. The second-order valence-corrected chi connectivity index (χ2v) is 11.0. The summed E-state index contributed by atoms with van der Waals surface area (Å²) in [6.45, 7) is 2.22. The SMILES string of the molecule is CCCCc1nc2ccc(Br)cc2c(=O)n1N=Cc1cc(Br)c(OCc2cccc3ccccc23)c([N+](=O)[O-])c1. The normalized spacial score (nSPS) is 11.5. The first kappa shape index (κ1) is 27.7. The van der Waals surface area contributed by atoms with E-state index in [2.05, 4.69) is 48.9 Å². The van der Waals surface area contributed by atoms with Crippen molar-refractivity contribution in [3.63, 3.8) is 0 Å². The van der Waals surface area contributed by atoms with Gasteiger partial charge in [-0.05, 0) is 63.0 Å². The van der Waals surface area contributed by atoms with Crippen LogP contribution in [0.25, 0.3) is 21.7 Å². The van der Waals surface area contributed by atoms with Crippen LogP contribution in [0, 0.1) is 10.1 Å². The van der Waals surface area contributed by atoms with E-state index in [4.69, 9.17) is 4.74 Å². The minimum atomic E-state index is -0.492. The van der Waals surface area contributed by atoms with Crippen molar-refractivity contribution in [1.29, 1.82) is 0 Å². The second kappa shape index (κ2) is 12.1. The standard InChI is InChI=1S/C30H24Br2N4O4/c1-2-3-11-28-34-26-13-12-22(31)16-24(26)30(37)35(28)33-17-19-14-25(32)29(27(15-19)36(38)39)40-18-21-9-6-8-20-7-4-5-10-23(20)21/h4-10,12-17H,2-3,11,18H2,1H3. The molecule has 1 aromatic heterocycles. The van der Waals surface area contributed by atoms with Crippen molar-refractivity contribution in [2.75, 3.05) is 0 Å². The summed E-state index contributed by atoms with van der Waals surface area (Å²) < 4.78 is 8.42. The molecule has 0 aliphatic carbocycles. The lowest BCUT2D eigenvalue weighted by Gasteiger charge is -2.12. The molecule has 0 N–H and O–H groups in total. The van der Waals surface area contributed by atoms with Crippen molar-refractivity contribution >= 4 is 65.4 Å². The molecule has 5 rings (SSSR count). The van der Waals surface area contributed by atoms with Gasteiger partial charge >= 0.3 is 5.69 Å². The molecule has 0 aliphatic rings. The van der Waals surface area contributed by atoms with Gasteiger partial charge in [0, 0.05) is 22.5 Å². The molecule has 0 saturated carbocycles. The van der Waals surface area contributed by atoms with Gasteiger partial charge in [0.1, 0.15) is 12.4 Å². The molecule has 0 radical (unpaired) electrons. The number of hydrogen-bond donors (Lipinski definition) is 0. The number of benzene rings is 4. The number of nitrogens with zero attached hydrogens (tertiary/aromatic N) is 4. The van der Waals surface area contributed by atoms with Crippen LogP contribution in [0.2, 0.25) is 0 Å². The van der Waals surface area contributed by atoms with Crippen LogP contribution in [0.15, 0.2) is 91.6 Å². The number of unbranched alkanes of at least 4 members (excludes halogenated alkanes) is 1. The van der Waals surface area contributed by atoms with E-state index in [0.29, 0.717) is 33.2 Å². The fraction of sp³-hybridized carbons (Fsp3) is 0.167. The van der Waals surface area contributed by atoms with Crippen molar-refractivity contribution < 1.29 is 9.66 Å². The third kappa shape index (κ3) is 5.83. The number of halogens is 2. The van der Waals surface area contributed by atoms with E-state index >= 15 is 0 Å². The molecular formula is C30H24Br2N4O4.